The molecular weight excluding hydrogens is 230 g/mol. The Labute approximate surface area is 96.0 Å². The summed E-state index contributed by atoms with van der Waals surface area (Å²) < 4.78 is 29.6. The van der Waals surface area contributed by atoms with Gasteiger partial charge in [-0.2, -0.15) is 0 Å². The quantitative estimate of drug-likeness (QED) is 0.577. The molecule has 0 amide bonds. The van der Waals surface area contributed by atoms with Crippen LogP contribution >= 0.6 is 0 Å². The summed E-state index contributed by atoms with van der Waals surface area (Å²) in [6.45, 7) is 1.32. The SMILES string of the molecule is O=S(O)CNc1cccc(OC[C@@H]2CO2)c1. The van der Waals surface area contributed by atoms with Crippen molar-refractivity contribution in [3.8, 4) is 5.75 Å². The third kappa shape index (κ3) is 3.80. The van der Waals surface area contributed by atoms with Crippen molar-refractivity contribution in [3.63, 3.8) is 0 Å². The fraction of sp³-hybridized carbons (Fsp3) is 0.400. The van der Waals surface area contributed by atoms with E-state index >= 15 is 0 Å². The second-order valence-corrected chi connectivity index (χ2v) is 4.37. The van der Waals surface area contributed by atoms with E-state index in [4.69, 9.17) is 14.0 Å². The van der Waals surface area contributed by atoms with E-state index in [0.29, 0.717) is 6.61 Å². The number of nitrogens with one attached hydrogen (secondary N) is 1. The molecule has 1 aromatic carbocycles. The van der Waals surface area contributed by atoms with E-state index in [-0.39, 0.29) is 12.0 Å². The van der Waals surface area contributed by atoms with Crippen LogP contribution < -0.4 is 10.1 Å². The number of benzene rings is 1. The number of hydrogen-bond acceptors (Lipinski definition) is 4. The van der Waals surface area contributed by atoms with Gasteiger partial charge in [0.1, 0.15) is 24.3 Å². The molecule has 1 unspecified atom stereocenters. The van der Waals surface area contributed by atoms with Crippen LogP contribution in [-0.2, 0) is 15.8 Å². The molecule has 0 saturated carbocycles. The summed E-state index contributed by atoms with van der Waals surface area (Å²) in [5.74, 6) is 0.735. The van der Waals surface area contributed by atoms with Gasteiger partial charge in [-0.3, -0.25) is 0 Å². The zero-order valence-corrected chi connectivity index (χ0v) is 9.40. The van der Waals surface area contributed by atoms with Crippen LogP contribution in [0.2, 0.25) is 0 Å². The number of ether oxygens (including phenoxy) is 2. The largest absolute Gasteiger partial charge is 0.491 e. The maximum absolute atomic E-state index is 10.5. The molecule has 2 rings (SSSR count). The average Bonchev–Trinajstić information content (AvgIpc) is 3.08. The Hall–Kier alpha value is -1.11. The fourth-order valence-corrected chi connectivity index (χ4v) is 1.48. The number of hydrogen-bond donors (Lipinski definition) is 2. The van der Waals surface area contributed by atoms with Gasteiger partial charge in [0, 0.05) is 11.8 Å². The Bertz CT molecular complexity index is 381. The minimum Gasteiger partial charge on any atom is -0.491 e. The summed E-state index contributed by atoms with van der Waals surface area (Å²) in [6.07, 6.45) is 0.224. The molecule has 16 heavy (non-hydrogen) atoms. The first-order valence-corrected chi connectivity index (χ1v) is 6.17. The highest BCUT2D eigenvalue weighted by molar-refractivity contribution is 7.79. The molecule has 1 fully saturated rings. The van der Waals surface area contributed by atoms with Crippen molar-refractivity contribution < 1.29 is 18.2 Å². The zero-order valence-electron chi connectivity index (χ0n) is 8.59. The van der Waals surface area contributed by atoms with Gasteiger partial charge in [-0.15, -0.1) is 0 Å². The van der Waals surface area contributed by atoms with E-state index in [9.17, 15) is 4.21 Å². The monoisotopic (exact) mass is 243 g/mol. The summed E-state index contributed by atoms with van der Waals surface area (Å²) >= 11 is -1.85. The normalized spacial score (nSPS) is 20.2. The van der Waals surface area contributed by atoms with Crippen LogP contribution in [0.1, 0.15) is 0 Å². The minimum atomic E-state index is -1.85. The first-order valence-electron chi connectivity index (χ1n) is 4.90. The third-order valence-corrected chi connectivity index (χ3v) is 2.46. The van der Waals surface area contributed by atoms with Crippen LogP contribution in [0.15, 0.2) is 24.3 Å². The Morgan fingerprint density at radius 3 is 3.12 bits per heavy atom. The Morgan fingerprint density at radius 2 is 2.44 bits per heavy atom. The van der Waals surface area contributed by atoms with E-state index in [1.165, 1.54) is 0 Å². The second kappa shape index (κ2) is 5.29. The molecule has 1 aromatic rings. The van der Waals surface area contributed by atoms with Crippen molar-refractivity contribution in [1.29, 1.82) is 0 Å². The van der Waals surface area contributed by atoms with E-state index in [1.54, 1.807) is 6.07 Å². The highest BCUT2D eigenvalue weighted by Crippen LogP contribution is 2.19. The first kappa shape index (κ1) is 11.4. The maximum Gasteiger partial charge on any atom is 0.172 e. The molecular formula is C10H13NO4S. The van der Waals surface area contributed by atoms with E-state index in [1.807, 2.05) is 18.2 Å². The molecule has 0 spiro atoms. The topological polar surface area (TPSA) is 71.1 Å². The van der Waals surface area contributed by atoms with Crippen molar-refractivity contribution >= 4 is 16.8 Å². The predicted octanol–water partition coefficient (Wildman–Crippen LogP) is 1.06. The summed E-state index contributed by atoms with van der Waals surface area (Å²) in [4.78, 5) is 0. The van der Waals surface area contributed by atoms with Gasteiger partial charge in [0.15, 0.2) is 11.1 Å². The Morgan fingerprint density at radius 1 is 1.62 bits per heavy atom. The lowest BCUT2D eigenvalue weighted by Crippen LogP contribution is -2.07. The van der Waals surface area contributed by atoms with Gasteiger partial charge in [-0.25, -0.2) is 4.21 Å². The lowest BCUT2D eigenvalue weighted by Gasteiger charge is -2.07. The molecule has 2 atom stereocenters. The lowest BCUT2D eigenvalue weighted by atomic mass is 10.3. The zero-order chi connectivity index (χ0) is 11.4. The van der Waals surface area contributed by atoms with Crippen molar-refractivity contribution in [2.75, 3.05) is 24.4 Å². The molecule has 1 heterocycles. The molecule has 1 saturated heterocycles. The molecule has 1 aliphatic rings. The molecule has 5 nitrogen and oxygen atoms in total. The summed E-state index contributed by atoms with van der Waals surface area (Å²) in [5.41, 5.74) is 0.761. The van der Waals surface area contributed by atoms with Crippen molar-refractivity contribution in [2.24, 2.45) is 0 Å². The number of anilines is 1. The van der Waals surface area contributed by atoms with Crippen molar-refractivity contribution in [3.05, 3.63) is 24.3 Å². The molecule has 6 heteroatoms. The first-order chi connectivity index (χ1) is 7.74. The van der Waals surface area contributed by atoms with Gasteiger partial charge >= 0.3 is 0 Å². The van der Waals surface area contributed by atoms with Crippen molar-refractivity contribution in [1.82, 2.24) is 0 Å². The predicted molar refractivity (Wildman–Crippen MR) is 60.9 cm³/mol. The summed E-state index contributed by atoms with van der Waals surface area (Å²) in [6, 6.07) is 7.26. The van der Waals surface area contributed by atoms with Crippen molar-refractivity contribution in [2.45, 2.75) is 6.10 Å². The second-order valence-electron chi connectivity index (χ2n) is 3.44. The highest BCUT2D eigenvalue weighted by Gasteiger charge is 2.22. The highest BCUT2D eigenvalue weighted by atomic mass is 32.2. The molecule has 2 N–H and O–H groups in total. The molecule has 1 aliphatic heterocycles. The van der Waals surface area contributed by atoms with E-state index < -0.39 is 11.1 Å². The Balaban J connectivity index is 1.87. The molecule has 88 valence electrons. The average molecular weight is 243 g/mol. The lowest BCUT2D eigenvalue weighted by molar-refractivity contribution is 0.263. The smallest absolute Gasteiger partial charge is 0.172 e. The molecule has 0 aliphatic carbocycles. The fourth-order valence-electron chi connectivity index (χ4n) is 1.19. The van der Waals surface area contributed by atoms with Crippen LogP contribution in [0, 0.1) is 0 Å². The number of epoxide rings is 1. The van der Waals surface area contributed by atoms with E-state index in [2.05, 4.69) is 5.32 Å². The van der Waals surface area contributed by atoms with Gasteiger partial charge in [0.05, 0.1) is 6.61 Å². The van der Waals surface area contributed by atoms with Gasteiger partial charge in [0.2, 0.25) is 0 Å². The number of rotatable bonds is 6. The third-order valence-electron chi connectivity index (χ3n) is 2.07. The molecule has 0 aromatic heterocycles. The van der Waals surface area contributed by atoms with Gasteiger partial charge < -0.3 is 19.3 Å². The van der Waals surface area contributed by atoms with Crippen LogP contribution in [0.25, 0.3) is 0 Å². The minimum absolute atomic E-state index is 0.00912. The Kier molecular flexibility index (Phi) is 3.76. The van der Waals surface area contributed by atoms with E-state index in [0.717, 1.165) is 18.0 Å². The molecule has 0 bridgehead atoms. The van der Waals surface area contributed by atoms with Crippen LogP contribution in [0.3, 0.4) is 0 Å². The molecule has 0 radical (unpaired) electrons. The van der Waals surface area contributed by atoms with Crippen LogP contribution in [0.4, 0.5) is 5.69 Å². The summed E-state index contributed by atoms with van der Waals surface area (Å²) in [7, 11) is 0. The standard InChI is InChI=1S/C10H13NO4S/c12-16(13)7-11-8-2-1-3-9(4-8)14-5-10-6-15-10/h1-4,10-11H,5-7H2,(H,12,13)/t10-/m1/s1. The van der Waals surface area contributed by atoms with Gasteiger partial charge in [-0.05, 0) is 12.1 Å². The van der Waals surface area contributed by atoms with Crippen LogP contribution in [-0.4, -0.2) is 34.0 Å². The maximum atomic E-state index is 10.5. The van der Waals surface area contributed by atoms with Crippen LogP contribution in [0.5, 0.6) is 5.75 Å². The van der Waals surface area contributed by atoms with Gasteiger partial charge in [-0.1, -0.05) is 6.07 Å². The van der Waals surface area contributed by atoms with Gasteiger partial charge in [0.25, 0.3) is 0 Å². The summed E-state index contributed by atoms with van der Waals surface area (Å²) in [5, 5.41) is 2.83.